The van der Waals surface area contributed by atoms with Crippen molar-refractivity contribution in [2.24, 2.45) is 0 Å². The second kappa shape index (κ2) is 15.5. The molecular weight excluding hydrogens is 382 g/mol. The summed E-state index contributed by atoms with van der Waals surface area (Å²) in [5.74, 6) is 0.421. The normalized spacial score (nSPS) is 10.9. The Morgan fingerprint density at radius 3 is 1.87 bits per heavy atom. The van der Waals surface area contributed by atoms with Crippen LogP contribution in [0.5, 0.6) is 5.75 Å². The van der Waals surface area contributed by atoms with Crippen LogP contribution in [-0.4, -0.2) is 5.97 Å². The van der Waals surface area contributed by atoms with Gasteiger partial charge in [0.1, 0.15) is 5.75 Å². The van der Waals surface area contributed by atoms with Gasteiger partial charge in [-0.3, -0.25) is 4.79 Å². The topological polar surface area (TPSA) is 52.3 Å². The molecule has 2 N–H and O–H groups in total. The Morgan fingerprint density at radius 2 is 1.29 bits per heavy atom. The fourth-order valence-electron chi connectivity index (χ4n) is 3.94. The minimum absolute atomic E-state index is 0.162. The number of nitrogens with two attached hydrogens (primary N) is 1. The van der Waals surface area contributed by atoms with Gasteiger partial charge in [0.2, 0.25) is 0 Å². The van der Waals surface area contributed by atoms with Gasteiger partial charge >= 0.3 is 5.97 Å². The Labute approximate surface area is 189 Å². The molecule has 0 saturated heterocycles. The van der Waals surface area contributed by atoms with Crippen LogP contribution in [0.15, 0.2) is 48.5 Å². The first kappa shape index (κ1) is 25.0. The number of unbranched alkanes of at least 4 members (excludes halogenated alkanes) is 12. The third kappa shape index (κ3) is 10.5. The average molecular weight is 424 g/mol. The molecule has 0 bridgehead atoms. The lowest BCUT2D eigenvalue weighted by atomic mass is 10.0. The first-order valence-electron chi connectivity index (χ1n) is 12.4. The quantitative estimate of drug-likeness (QED) is 0.128. The fraction of sp³-hybridized carbons (Fsp3) is 0.536. The maximum absolute atomic E-state index is 12.3. The molecular formula is C28H41NO2. The Kier molecular flexibility index (Phi) is 12.5. The van der Waals surface area contributed by atoms with Crippen molar-refractivity contribution in [3.63, 3.8) is 0 Å². The number of benzene rings is 2. The van der Waals surface area contributed by atoms with Gasteiger partial charge in [-0.1, -0.05) is 114 Å². The molecule has 0 amide bonds. The summed E-state index contributed by atoms with van der Waals surface area (Å²) in [4.78, 5) is 12.3. The molecule has 2 aromatic carbocycles. The third-order valence-corrected chi connectivity index (χ3v) is 5.80. The maximum Gasteiger partial charge on any atom is 0.311 e. The molecule has 2 aromatic rings. The van der Waals surface area contributed by atoms with Gasteiger partial charge in [-0.05, 0) is 30.2 Å². The van der Waals surface area contributed by atoms with E-state index in [1.807, 2.05) is 36.4 Å². The van der Waals surface area contributed by atoms with Crippen molar-refractivity contribution in [3.8, 4) is 16.9 Å². The lowest BCUT2D eigenvalue weighted by Crippen LogP contribution is -2.08. The van der Waals surface area contributed by atoms with E-state index in [0.29, 0.717) is 17.9 Å². The van der Waals surface area contributed by atoms with Gasteiger partial charge in [-0.25, -0.2) is 0 Å². The first-order valence-corrected chi connectivity index (χ1v) is 12.4. The molecule has 0 aliphatic rings. The molecule has 0 unspecified atom stereocenters. The molecule has 0 radical (unpaired) electrons. The standard InChI is InChI=1S/C28H41NO2/c1-2-3-4-5-6-7-8-9-10-11-12-13-17-20-28(30)31-27-22-21-25(29)23-26(27)24-18-15-14-16-19-24/h14-16,18-19,21-23H,2-13,17,20,29H2,1H3. The molecule has 0 spiro atoms. The van der Waals surface area contributed by atoms with Crippen LogP contribution in [0, 0.1) is 0 Å². The molecule has 170 valence electrons. The number of carbonyl (C=O) groups is 1. The lowest BCUT2D eigenvalue weighted by Gasteiger charge is -2.11. The largest absolute Gasteiger partial charge is 0.426 e. The summed E-state index contributed by atoms with van der Waals surface area (Å²) in [6, 6.07) is 15.3. The minimum atomic E-state index is -0.162. The van der Waals surface area contributed by atoms with E-state index in [9.17, 15) is 4.79 Å². The van der Waals surface area contributed by atoms with E-state index in [1.54, 1.807) is 12.1 Å². The van der Waals surface area contributed by atoms with Gasteiger partial charge in [0, 0.05) is 17.7 Å². The predicted molar refractivity (Wildman–Crippen MR) is 132 cm³/mol. The van der Waals surface area contributed by atoms with Crippen LogP contribution in [0.4, 0.5) is 5.69 Å². The molecule has 2 rings (SSSR count). The van der Waals surface area contributed by atoms with Crippen LogP contribution < -0.4 is 10.5 Å². The molecule has 0 fully saturated rings. The monoisotopic (exact) mass is 423 g/mol. The van der Waals surface area contributed by atoms with Crippen molar-refractivity contribution in [2.75, 3.05) is 5.73 Å². The fourth-order valence-corrected chi connectivity index (χ4v) is 3.94. The van der Waals surface area contributed by atoms with Crippen LogP contribution in [-0.2, 0) is 4.79 Å². The number of anilines is 1. The number of carbonyl (C=O) groups excluding carboxylic acids is 1. The van der Waals surface area contributed by atoms with Gasteiger partial charge in [0.15, 0.2) is 0 Å². The van der Waals surface area contributed by atoms with E-state index < -0.39 is 0 Å². The highest BCUT2D eigenvalue weighted by molar-refractivity contribution is 5.79. The van der Waals surface area contributed by atoms with Crippen LogP contribution in [0.3, 0.4) is 0 Å². The molecule has 0 heterocycles. The Bertz CT molecular complexity index is 742. The molecule has 0 aromatic heterocycles. The van der Waals surface area contributed by atoms with Gasteiger partial charge in [0.25, 0.3) is 0 Å². The summed E-state index contributed by atoms with van der Waals surface area (Å²) in [6.45, 7) is 2.27. The summed E-state index contributed by atoms with van der Waals surface area (Å²) in [5, 5.41) is 0. The van der Waals surface area contributed by atoms with E-state index in [-0.39, 0.29) is 5.97 Å². The van der Waals surface area contributed by atoms with Gasteiger partial charge in [0.05, 0.1) is 0 Å². The average Bonchev–Trinajstić information content (AvgIpc) is 2.78. The highest BCUT2D eigenvalue weighted by Crippen LogP contribution is 2.32. The van der Waals surface area contributed by atoms with Crippen molar-refractivity contribution in [3.05, 3.63) is 48.5 Å². The zero-order valence-corrected chi connectivity index (χ0v) is 19.4. The number of nitrogen functional groups attached to an aromatic ring is 1. The van der Waals surface area contributed by atoms with Crippen molar-refractivity contribution in [1.82, 2.24) is 0 Å². The predicted octanol–water partition coefficient (Wildman–Crippen LogP) is 8.32. The van der Waals surface area contributed by atoms with Crippen molar-refractivity contribution in [2.45, 2.75) is 96.8 Å². The maximum atomic E-state index is 12.3. The van der Waals surface area contributed by atoms with E-state index in [1.165, 1.54) is 70.6 Å². The van der Waals surface area contributed by atoms with Crippen molar-refractivity contribution in [1.29, 1.82) is 0 Å². The van der Waals surface area contributed by atoms with E-state index in [2.05, 4.69) is 6.92 Å². The van der Waals surface area contributed by atoms with E-state index >= 15 is 0 Å². The van der Waals surface area contributed by atoms with Crippen LogP contribution in [0.25, 0.3) is 11.1 Å². The summed E-state index contributed by atoms with van der Waals surface area (Å²) in [5.41, 5.74) is 8.47. The molecule has 0 saturated carbocycles. The van der Waals surface area contributed by atoms with E-state index in [4.69, 9.17) is 10.5 Å². The number of hydrogen-bond donors (Lipinski definition) is 1. The Hall–Kier alpha value is -2.29. The van der Waals surface area contributed by atoms with Crippen LogP contribution >= 0.6 is 0 Å². The molecule has 0 aliphatic heterocycles. The molecule has 3 heteroatoms. The third-order valence-electron chi connectivity index (χ3n) is 5.80. The molecule has 31 heavy (non-hydrogen) atoms. The molecule has 3 nitrogen and oxygen atoms in total. The van der Waals surface area contributed by atoms with E-state index in [0.717, 1.165) is 24.0 Å². The minimum Gasteiger partial charge on any atom is -0.426 e. The summed E-state index contributed by atoms with van der Waals surface area (Å²) < 4.78 is 5.67. The zero-order valence-electron chi connectivity index (χ0n) is 19.4. The van der Waals surface area contributed by atoms with Gasteiger partial charge < -0.3 is 10.5 Å². The van der Waals surface area contributed by atoms with Gasteiger partial charge in [-0.2, -0.15) is 0 Å². The summed E-state index contributed by atoms with van der Waals surface area (Å²) >= 11 is 0. The summed E-state index contributed by atoms with van der Waals surface area (Å²) in [6.07, 6.45) is 17.3. The molecule has 0 aliphatic carbocycles. The highest BCUT2D eigenvalue weighted by atomic mass is 16.5. The number of esters is 1. The smallest absolute Gasteiger partial charge is 0.311 e. The van der Waals surface area contributed by atoms with Crippen LogP contribution in [0.1, 0.15) is 96.8 Å². The number of hydrogen-bond acceptors (Lipinski definition) is 3. The number of rotatable bonds is 16. The van der Waals surface area contributed by atoms with Gasteiger partial charge in [-0.15, -0.1) is 0 Å². The Balaban J connectivity index is 1.57. The van der Waals surface area contributed by atoms with Crippen molar-refractivity contribution >= 4 is 11.7 Å². The van der Waals surface area contributed by atoms with Crippen LogP contribution in [0.2, 0.25) is 0 Å². The first-order chi connectivity index (χ1) is 15.2. The SMILES string of the molecule is CCCCCCCCCCCCCCCC(=O)Oc1ccc(N)cc1-c1ccccc1. The highest BCUT2D eigenvalue weighted by Gasteiger charge is 2.11. The Morgan fingerprint density at radius 1 is 0.742 bits per heavy atom. The lowest BCUT2D eigenvalue weighted by molar-refractivity contribution is -0.134. The molecule has 0 atom stereocenters. The van der Waals surface area contributed by atoms with Crippen molar-refractivity contribution < 1.29 is 9.53 Å². The second-order valence-corrected chi connectivity index (χ2v) is 8.59. The number of ether oxygens (including phenoxy) is 1. The second-order valence-electron chi connectivity index (χ2n) is 8.59. The zero-order chi connectivity index (χ0) is 22.2. The summed E-state index contributed by atoms with van der Waals surface area (Å²) in [7, 11) is 0.